The minimum atomic E-state index is -4.18. The molecule has 2 heterocycles. The number of para-hydroxylation sites is 1. The molecule has 0 radical (unpaired) electrons. The molecule has 0 bridgehead atoms. The zero-order valence-electron chi connectivity index (χ0n) is 18.3. The maximum atomic E-state index is 13.0. The Morgan fingerprint density at radius 3 is 2.23 bits per heavy atom. The number of amides is 2. The van der Waals surface area contributed by atoms with Crippen LogP contribution in [0.15, 0.2) is 76.0 Å². The molecule has 35 heavy (non-hydrogen) atoms. The number of carbonyl (C=O) groups excluding carboxylic acids is 2. The summed E-state index contributed by atoms with van der Waals surface area (Å²) in [5.41, 5.74) is 1.73. The molecular weight excluding hydrogens is 472 g/mol. The predicted molar refractivity (Wildman–Crippen MR) is 127 cm³/mol. The number of nitrogens with one attached hydrogen (secondary N) is 1. The molecule has 1 unspecified atom stereocenters. The summed E-state index contributed by atoms with van der Waals surface area (Å²) in [5.74, 6) is -2.25. The van der Waals surface area contributed by atoms with Crippen LogP contribution in [0.1, 0.15) is 33.6 Å². The molecule has 2 amide bonds. The molecule has 1 aromatic heterocycles. The van der Waals surface area contributed by atoms with Crippen LogP contribution in [0.4, 0.5) is 0 Å². The van der Waals surface area contributed by atoms with Gasteiger partial charge in [-0.3, -0.25) is 19.3 Å². The fourth-order valence-corrected chi connectivity index (χ4v) is 5.51. The fraction of sp³-hybridized carbons (Fsp3) is 0.160. The van der Waals surface area contributed by atoms with Gasteiger partial charge in [0.05, 0.1) is 16.0 Å². The van der Waals surface area contributed by atoms with Crippen LogP contribution in [0.3, 0.4) is 0 Å². The monoisotopic (exact) mass is 492 g/mol. The largest absolute Gasteiger partial charge is 0.480 e. The van der Waals surface area contributed by atoms with Gasteiger partial charge in [-0.05, 0) is 49.2 Å². The van der Waals surface area contributed by atoms with Gasteiger partial charge >= 0.3 is 5.97 Å². The average molecular weight is 493 g/mol. The van der Waals surface area contributed by atoms with Crippen molar-refractivity contribution < 1.29 is 32.3 Å². The number of hydrogen-bond acceptors (Lipinski definition) is 6. The van der Waals surface area contributed by atoms with E-state index in [4.69, 9.17) is 4.42 Å². The van der Waals surface area contributed by atoms with Gasteiger partial charge in [0.2, 0.25) is 10.0 Å². The number of imide groups is 1. The first-order chi connectivity index (χ1) is 16.8. The molecule has 178 valence electrons. The second kappa shape index (κ2) is 8.64. The molecule has 9 nitrogen and oxygen atoms in total. The Labute approximate surface area is 200 Å². The number of sulfonamides is 1. The van der Waals surface area contributed by atoms with Gasteiger partial charge in [0.1, 0.15) is 17.2 Å². The van der Waals surface area contributed by atoms with E-state index in [-0.39, 0.29) is 24.3 Å². The van der Waals surface area contributed by atoms with Crippen molar-refractivity contribution >= 4 is 49.7 Å². The third-order valence-corrected chi connectivity index (χ3v) is 7.48. The maximum Gasteiger partial charge on any atom is 0.321 e. The summed E-state index contributed by atoms with van der Waals surface area (Å²) in [7, 11) is -4.18. The Morgan fingerprint density at radius 1 is 0.914 bits per heavy atom. The number of hydrogen-bond donors (Lipinski definition) is 2. The number of rotatable bonds is 8. The number of benzene rings is 3. The van der Waals surface area contributed by atoms with E-state index in [1.807, 2.05) is 18.2 Å². The summed E-state index contributed by atoms with van der Waals surface area (Å²) in [5, 5.41) is 11.0. The van der Waals surface area contributed by atoms with Crippen LogP contribution in [-0.4, -0.2) is 48.8 Å². The fourth-order valence-electron chi connectivity index (χ4n) is 4.26. The Bertz CT molecular complexity index is 1570. The first kappa shape index (κ1) is 22.8. The van der Waals surface area contributed by atoms with Crippen LogP contribution in [0, 0.1) is 0 Å². The average Bonchev–Trinajstić information content (AvgIpc) is 3.33. The molecule has 0 spiro atoms. The summed E-state index contributed by atoms with van der Waals surface area (Å²) in [6.45, 7) is -0.0230. The molecule has 3 aromatic carbocycles. The summed E-state index contributed by atoms with van der Waals surface area (Å²) >= 11 is 0. The van der Waals surface area contributed by atoms with E-state index in [2.05, 4.69) is 4.72 Å². The SMILES string of the molecule is O=C(O)C(CCCN1C(=O)c2ccccc2C1=O)NS(=O)(=O)c1ccc2oc3ccccc3c2c1. The highest BCUT2D eigenvalue weighted by Gasteiger charge is 2.35. The van der Waals surface area contributed by atoms with Gasteiger partial charge < -0.3 is 9.52 Å². The normalized spacial score (nSPS) is 14.6. The number of furan rings is 1. The molecular formula is C25H20N2O7S. The second-order valence-corrected chi connectivity index (χ2v) is 9.93. The van der Waals surface area contributed by atoms with Crippen molar-refractivity contribution in [1.82, 2.24) is 9.62 Å². The van der Waals surface area contributed by atoms with Gasteiger partial charge in [0.25, 0.3) is 11.8 Å². The Kier molecular flexibility index (Phi) is 5.62. The molecule has 4 aromatic rings. The third-order valence-electron chi connectivity index (χ3n) is 6.01. The van der Waals surface area contributed by atoms with E-state index in [1.54, 1.807) is 30.3 Å². The van der Waals surface area contributed by atoms with Crippen molar-refractivity contribution in [3.8, 4) is 0 Å². The van der Waals surface area contributed by atoms with Crippen LogP contribution in [-0.2, 0) is 14.8 Å². The number of carbonyl (C=O) groups is 3. The van der Waals surface area contributed by atoms with Gasteiger partial charge in [0.15, 0.2) is 0 Å². The quantitative estimate of drug-likeness (QED) is 0.360. The molecule has 1 aliphatic heterocycles. The smallest absolute Gasteiger partial charge is 0.321 e. The Morgan fingerprint density at radius 2 is 1.54 bits per heavy atom. The molecule has 0 saturated heterocycles. The van der Waals surface area contributed by atoms with E-state index < -0.39 is 33.8 Å². The molecule has 1 atom stereocenters. The van der Waals surface area contributed by atoms with Crippen LogP contribution in [0.25, 0.3) is 21.9 Å². The van der Waals surface area contributed by atoms with Gasteiger partial charge in [0, 0.05) is 17.3 Å². The molecule has 2 N–H and O–H groups in total. The number of nitrogens with zero attached hydrogens (tertiary/aromatic N) is 1. The third kappa shape index (κ3) is 4.07. The first-order valence-corrected chi connectivity index (χ1v) is 12.4. The van der Waals surface area contributed by atoms with E-state index >= 15 is 0 Å². The van der Waals surface area contributed by atoms with Crippen molar-refractivity contribution in [2.45, 2.75) is 23.8 Å². The van der Waals surface area contributed by atoms with E-state index in [9.17, 15) is 27.9 Å². The minimum Gasteiger partial charge on any atom is -0.480 e. The van der Waals surface area contributed by atoms with Crippen LogP contribution >= 0.6 is 0 Å². The second-order valence-electron chi connectivity index (χ2n) is 8.22. The summed E-state index contributed by atoms with van der Waals surface area (Å²) in [6.07, 6.45) is -0.00475. The summed E-state index contributed by atoms with van der Waals surface area (Å²) < 4.78 is 33.9. The molecule has 10 heteroatoms. The topological polar surface area (TPSA) is 134 Å². The first-order valence-electron chi connectivity index (χ1n) is 10.9. The maximum absolute atomic E-state index is 13.0. The van der Waals surface area contributed by atoms with Crippen LogP contribution in [0.5, 0.6) is 0 Å². The number of carboxylic acids is 1. The van der Waals surface area contributed by atoms with Crippen molar-refractivity contribution in [2.75, 3.05) is 6.54 Å². The Hall–Kier alpha value is -4.02. The lowest BCUT2D eigenvalue weighted by molar-refractivity contribution is -0.139. The van der Waals surface area contributed by atoms with Crippen LogP contribution in [0.2, 0.25) is 0 Å². The van der Waals surface area contributed by atoms with E-state index in [0.717, 1.165) is 10.3 Å². The summed E-state index contributed by atoms with van der Waals surface area (Å²) in [6, 6.07) is 16.5. The van der Waals surface area contributed by atoms with Crippen molar-refractivity contribution in [3.05, 3.63) is 77.9 Å². The zero-order valence-corrected chi connectivity index (χ0v) is 19.1. The summed E-state index contributed by atoms with van der Waals surface area (Å²) in [4.78, 5) is 37.7. The van der Waals surface area contributed by atoms with Gasteiger partial charge in [-0.1, -0.05) is 30.3 Å². The van der Waals surface area contributed by atoms with Crippen LogP contribution < -0.4 is 4.72 Å². The molecule has 0 fully saturated rings. The van der Waals surface area contributed by atoms with Gasteiger partial charge in [-0.2, -0.15) is 4.72 Å². The molecule has 0 aliphatic carbocycles. The minimum absolute atomic E-state index is 0.0230. The number of fused-ring (bicyclic) bond motifs is 4. The highest BCUT2D eigenvalue weighted by molar-refractivity contribution is 7.89. The molecule has 0 saturated carbocycles. The van der Waals surface area contributed by atoms with Crippen molar-refractivity contribution in [3.63, 3.8) is 0 Å². The number of carboxylic acid groups (broad SMARTS) is 1. The van der Waals surface area contributed by atoms with Gasteiger partial charge in [-0.25, -0.2) is 8.42 Å². The standard InChI is InChI=1S/C25H20N2O7S/c28-23-17-7-1-2-8-18(17)24(29)27(23)13-5-9-20(25(30)31)26-35(32,33)15-11-12-22-19(14-15)16-6-3-4-10-21(16)34-22/h1-4,6-8,10-12,14,20,26H,5,9,13H2,(H,30,31). The van der Waals surface area contributed by atoms with Gasteiger partial charge in [-0.15, -0.1) is 0 Å². The predicted octanol–water partition coefficient (Wildman–Crippen LogP) is 3.39. The molecule has 5 rings (SSSR count). The van der Waals surface area contributed by atoms with Crippen molar-refractivity contribution in [1.29, 1.82) is 0 Å². The van der Waals surface area contributed by atoms with E-state index in [1.165, 1.54) is 18.2 Å². The zero-order chi connectivity index (χ0) is 24.7. The molecule has 1 aliphatic rings. The van der Waals surface area contributed by atoms with E-state index in [0.29, 0.717) is 27.7 Å². The Balaban J connectivity index is 1.30. The lowest BCUT2D eigenvalue weighted by Crippen LogP contribution is -2.41. The highest BCUT2D eigenvalue weighted by Crippen LogP contribution is 2.30. The highest BCUT2D eigenvalue weighted by atomic mass is 32.2. The van der Waals surface area contributed by atoms with Crippen molar-refractivity contribution in [2.24, 2.45) is 0 Å². The lowest BCUT2D eigenvalue weighted by atomic mass is 10.1. The number of aliphatic carboxylic acids is 1. The lowest BCUT2D eigenvalue weighted by Gasteiger charge is -2.17.